The van der Waals surface area contributed by atoms with Gasteiger partial charge < -0.3 is 4.90 Å². The molecule has 1 aromatic heterocycles. The van der Waals surface area contributed by atoms with Crippen LogP contribution in [0.4, 0.5) is 0 Å². The number of carbonyl (C=O) groups is 1. The Labute approximate surface area is 96.7 Å². The van der Waals surface area contributed by atoms with Gasteiger partial charge in [0.05, 0.1) is 11.3 Å². The summed E-state index contributed by atoms with van der Waals surface area (Å²) in [7, 11) is 1.82. The molecule has 0 aliphatic carbocycles. The summed E-state index contributed by atoms with van der Waals surface area (Å²) in [5.41, 5.74) is 1.31. The van der Waals surface area contributed by atoms with E-state index >= 15 is 0 Å². The molecule has 1 rings (SSSR count). The van der Waals surface area contributed by atoms with Gasteiger partial charge in [-0.05, 0) is 19.8 Å². The molecule has 88 valence electrons. The first-order valence-electron chi connectivity index (χ1n) is 5.49. The van der Waals surface area contributed by atoms with E-state index < -0.39 is 0 Å². The first kappa shape index (κ1) is 12.6. The van der Waals surface area contributed by atoms with Gasteiger partial charge in [0.1, 0.15) is 6.33 Å². The molecule has 4 nitrogen and oxygen atoms in total. The molecule has 4 heteroatoms. The van der Waals surface area contributed by atoms with Gasteiger partial charge in [0, 0.05) is 19.3 Å². The zero-order valence-corrected chi connectivity index (χ0v) is 10.6. The molecule has 0 fully saturated rings. The Morgan fingerprint density at radius 2 is 2.00 bits per heavy atom. The highest BCUT2D eigenvalue weighted by molar-refractivity contribution is 5.94. The van der Waals surface area contributed by atoms with Crippen molar-refractivity contribution >= 4 is 5.91 Å². The Morgan fingerprint density at radius 3 is 2.50 bits per heavy atom. The minimum Gasteiger partial charge on any atom is -0.339 e. The lowest BCUT2D eigenvalue weighted by molar-refractivity contribution is 0.0705. The predicted octanol–water partition coefficient (Wildman–Crippen LogP) is 1.90. The van der Waals surface area contributed by atoms with Gasteiger partial charge in [0.15, 0.2) is 0 Å². The molecule has 0 aliphatic heterocycles. The highest BCUT2D eigenvalue weighted by Gasteiger charge is 2.21. The summed E-state index contributed by atoms with van der Waals surface area (Å²) in [5, 5.41) is 0. The van der Waals surface area contributed by atoms with Crippen molar-refractivity contribution < 1.29 is 4.79 Å². The van der Waals surface area contributed by atoms with Crippen LogP contribution in [-0.2, 0) is 0 Å². The van der Waals surface area contributed by atoms with E-state index in [0.29, 0.717) is 11.5 Å². The molecule has 1 atom stereocenters. The van der Waals surface area contributed by atoms with E-state index in [1.165, 1.54) is 6.33 Å². The maximum atomic E-state index is 12.2. The van der Waals surface area contributed by atoms with E-state index in [-0.39, 0.29) is 11.9 Å². The lowest BCUT2D eigenvalue weighted by atomic mass is 10.0. The predicted molar refractivity (Wildman–Crippen MR) is 63.2 cm³/mol. The van der Waals surface area contributed by atoms with Crippen LogP contribution in [0.5, 0.6) is 0 Å². The molecule has 0 aliphatic rings. The third kappa shape index (κ3) is 2.56. The summed E-state index contributed by atoms with van der Waals surface area (Å²) in [4.78, 5) is 21.8. The Bertz CT molecular complexity index is 376. The van der Waals surface area contributed by atoms with Gasteiger partial charge in [-0.15, -0.1) is 0 Å². The summed E-state index contributed by atoms with van der Waals surface area (Å²) in [6.45, 7) is 8.07. The first-order chi connectivity index (χ1) is 7.45. The Morgan fingerprint density at radius 1 is 1.38 bits per heavy atom. The average molecular weight is 221 g/mol. The molecule has 0 radical (unpaired) electrons. The highest BCUT2D eigenvalue weighted by Crippen LogP contribution is 2.13. The Kier molecular flexibility index (Phi) is 3.99. The van der Waals surface area contributed by atoms with Crippen LogP contribution in [-0.4, -0.2) is 33.9 Å². The van der Waals surface area contributed by atoms with Crippen molar-refractivity contribution in [2.75, 3.05) is 7.05 Å². The lowest BCUT2D eigenvalue weighted by Crippen LogP contribution is -2.38. The molecule has 0 aromatic carbocycles. The normalized spacial score (nSPS) is 12.6. The average Bonchev–Trinajstić information content (AvgIpc) is 2.26. The third-order valence-electron chi connectivity index (χ3n) is 3.04. The third-order valence-corrected chi connectivity index (χ3v) is 3.04. The number of nitrogens with zero attached hydrogens (tertiary/aromatic N) is 3. The maximum Gasteiger partial charge on any atom is 0.257 e. The second kappa shape index (κ2) is 5.05. The van der Waals surface area contributed by atoms with Crippen molar-refractivity contribution in [3.63, 3.8) is 0 Å². The number of hydrogen-bond donors (Lipinski definition) is 0. The van der Waals surface area contributed by atoms with Gasteiger partial charge in [0.25, 0.3) is 5.91 Å². The zero-order chi connectivity index (χ0) is 12.3. The van der Waals surface area contributed by atoms with Crippen LogP contribution >= 0.6 is 0 Å². The zero-order valence-electron chi connectivity index (χ0n) is 10.6. The topological polar surface area (TPSA) is 46.1 Å². The minimum absolute atomic E-state index is 0.0145. The molecule has 1 amide bonds. The molecular weight excluding hydrogens is 202 g/mol. The van der Waals surface area contributed by atoms with E-state index in [0.717, 1.165) is 5.69 Å². The summed E-state index contributed by atoms with van der Waals surface area (Å²) in [5.74, 6) is 0.415. The van der Waals surface area contributed by atoms with Gasteiger partial charge in [-0.25, -0.2) is 9.97 Å². The van der Waals surface area contributed by atoms with Crippen molar-refractivity contribution in [2.45, 2.75) is 33.7 Å². The molecule has 1 heterocycles. The molecule has 0 spiro atoms. The standard InChI is InChI=1S/C12H19N3O/c1-8(2)10(4)15(5)12(16)11-6-13-7-14-9(11)3/h6-8,10H,1-5H3. The van der Waals surface area contributed by atoms with Crippen molar-refractivity contribution in [1.29, 1.82) is 0 Å². The smallest absolute Gasteiger partial charge is 0.257 e. The van der Waals surface area contributed by atoms with Crippen molar-refractivity contribution in [1.82, 2.24) is 14.9 Å². The first-order valence-corrected chi connectivity index (χ1v) is 5.49. The van der Waals surface area contributed by atoms with E-state index in [2.05, 4.69) is 23.8 Å². The number of rotatable bonds is 3. The minimum atomic E-state index is -0.0145. The Balaban J connectivity index is 2.91. The molecule has 16 heavy (non-hydrogen) atoms. The van der Waals surface area contributed by atoms with Gasteiger partial charge in [-0.1, -0.05) is 13.8 Å². The number of aryl methyl sites for hydroxylation is 1. The fourth-order valence-electron chi connectivity index (χ4n) is 1.42. The molecule has 0 bridgehead atoms. The maximum absolute atomic E-state index is 12.2. The monoisotopic (exact) mass is 221 g/mol. The van der Waals surface area contributed by atoms with Crippen molar-refractivity contribution in [3.8, 4) is 0 Å². The largest absolute Gasteiger partial charge is 0.339 e. The summed E-state index contributed by atoms with van der Waals surface area (Å²) >= 11 is 0. The van der Waals surface area contributed by atoms with Gasteiger partial charge in [-0.3, -0.25) is 4.79 Å². The second-order valence-corrected chi connectivity index (χ2v) is 4.42. The number of hydrogen-bond acceptors (Lipinski definition) is 3. The summed E-state index contributed by atoms with van der Waals surface area (Å²) in [6, 6.07) is 0.201. The van der Waals surface area contributed by atoms with Crippen LogP contribution in [0.3, 0.4) is 0 Å². The molecule has 0 N–H and O–H groups in total. The van der Waals surface area contributed by atoms with E-state index in [1.54, 1.807) is 11.1 Å². The fraction of sp³-hybridized carbons (Fsp3) is 0.583. The second-order valence-electron chi connectivity index (χ2n) is 4.42. The van der Waals surface area contributed by atoms with Gasteiger partial charge >= 0.3 is 0 Å². The van der Waals surface area contributed by atoms with Crippen LogP contribution in [0.1, 0.15) is 36.8 Å². The van der Waals surface area contributed by atoms with Gasteiger partial charge in [-0.2, -0.15) is 0 Å². The van der Waals surface area contributed by atoms with Crippen LogP contribution in [0.25, 0.3) is 0 Å². The molecular formula is C12H19N3O. The fourth-order valence-corrected chi connectivity index (χ4v) is 1.42. The van der Waals surface area contributed by atoms with E-state index in [1.807, 2.05) is 20.9 Å². The van der Waals surface area contributed by atoms with Crippen LogP contribution < -0.4 is 0 Å². The number of amides is 1. The highest BCUT2D eigenvalue weighted by atomic mass is 16.2. The molecule has 1 aromatic rings. The molecule has 0 saturated heterocycles. The van der Waals surface area contributed by atoms with Gasteiger partial charge in [0.2, 0.25) is 0 Å². The quantitative estimate of drug-likeness (QED) is 0.783. The van der Waals surface area contributed by atoms with E-state index in [9.17, 15) is 4.79 Å². The number of carbonyl (C=O) groups excluding carboxylic acids is 1. The van der Waals surface area contributed by atoms with E-state index in [4.69, 9.17) is 0 Å². The SMILES string of the molecule is Cc1ncncc1C(=O)N(C)C(C)C(C)C. The summed E-state index contributed by atoms with van der Waals surface area (Å²) in [6.07, 6.45) is 3.03. The summed E-state index contributed by atoms with van der Waals surface area (Å²) < 4.78 is 0. The molecule has 1 unspecified atom stereocenters. The van der Waals surface area contributed by atoms with Crippen LogP contribution in [0.15, 0.2) is 12.5 Å². The van der Waals surface area contributed by atoms with Crippen molar-refractivity contribution in [2.24, 2.45) is 5.92 Å². The van der Waals surface area contributed by atoms with Crippen molar-refractivity contribution in [3.05, 3.63) is 23.8 Å². The lowest BCUT2D eigenvalue weighted by Gasteiger charge is -2.28. The Hall–Kier alpha value is -1.45. The molecule has 0 saturated carbocycles. The number of aromatic nitrogens is 2. The van der Waals surface area contributed by atoms with Crippen LogP contribution in [0, 0.1) is 12.8 Å². The van der Waals surface area contributed by atoms with Crippen LogP contribution in [0.2, 0.25) is 0 Å².